The second-order valence-corrected chi connectivity index (χ2v) is 7.53. The van der Waals surface area contributed by atoms with Gasteiger partial charge in [-0.2, -0.15) is 0 Å². The van der Waals surface area contributed by atoms with E-state index < -0.39 is 0 Å². The minimum Gasteiger partial charge on any atom is -0.461 e. The van der Waals surface area contributed by atoms with E-state index in [0.29, 0.717) is 0 Å². The van der Waals surface area contributed by atoms with Gasteiger partial charge in [-0.05, 0) is 35.0 Å². The normalized spacial score (nSPS) is 22.0. The summed E-state index contributed by atoms with van der Waals surface area (Å²) in [6.07, 6.45) is 4.38. The first-order valence-corrected chi connectivity index (χ1v) is 8.58. The van der Waals surface area contributed by atoms with E-state index in [1.807, 2.05) is 44.2 Å². The van der Waals surface area contributed by atoms with Crippen LogP contribution < -0.4 is 0 Å². The molecule has 1 aromatic rings. The van der Waals surface area contributed by atoms with Crippen molar-refractivity contribution in [3.63, 3.8) is 0 Å². The zero-order valence-electron chi connectivity index (χ0n) is 13.1. The fourth-order valence-corrected chi connectivity index (χ4v) is 3.13. The van der Waals surface area contributed by atoms with Crippen molar-refractivity contribution in [3.05, 3.63) is 57.6 Å². The van der Waals surface area contributed by atoms with Crippen molar-refractivity contribution in [2.45, 2.75) is 26.9 Å². The van der Waals surface area contributed by atoms with E-state index >= 15 is 0 Å². The molecule has 0 saturated heterocycles. The standard InChI is InChI=1S/C18H19Cl3O2/c1-18(2)14(10-15(20)21)16(18)17(22)23-11-13-7-5-12(6-8-13)4-3-9-19/h3,5-10,14,16H,4,11H2,1-2H3/b9-3-. The van der Waals surface area contributed by atoms with Crippen molar-refractivity contribution in [2.24, 2.45) is 17.3 Å². The van der Waals surface area contributed by atoms with Gasteiger partial charge in [0.25, 0.3) is 0 Å². The molecule has 1 aromatic carbocycles. The summed E-state index contributed by atoms with van der Waals surface area (Å²) in [5.74, 6) is -0.368. The minimum absolute atomic E-state index is 0.0321. The minimum atomic E-state index is -0.208. The lowest BCUT2D eigenvalue weighted by molar-refractivity contribution is -0.147. The Morgan fingerprint density at radius 1 is 1.22 bits per heavy atom. The van der Waals surface area contributed by atoms with Gasteiger partial charge in [-0.15, -0.1) is 0 Å². The number of benzene rings is 1. The number of allylic oxidation sites excluding steroid dienone is 2. The molecule has 1 aliphatic carbocycles. The maximum absolute atomic E-state index is 12.2. The third-order valence-corrected chi connectivity index (χ3v) is 4.75. The smallest absolute Gasteiger partial charge is 0.310 e. The Kier molecular flexibility index (Phi) is 6.19. The Balaban J connectivity index is 1.89. The van der Waals surface area contributed by atoms with Crippen molar-refractivity contribution >= 4 is 40.8 Å². The van der Waals surface area contributed by atoms with E-state index in [1.165, 1.54) is 5.54 Å². The topological polar surface area (TPSA) is 26.3 Å². The average Bonchev–Trinajstić information content (AvgIpc) is 3.03. The highest BCUT2D eigenvalue weighted by Gasteiger charge is 2.61. The zero-order valence-corrected chi connectivity index (χ0v) is 15.3. The van der Waals surface area contributed by atoms with E-state index in [9.17, 15) is 4.79 Å². The highest BCUT2D eigenvalue weighted by Crippen LogP contribution is 2.60. The number of esters is 1. The summed E-state index contributed by atoms with van der Waals surface area (Å²) in [4.78, 5) is 12.2. The van der Waals surface area contributed by atoms with Gasteiger partial charge in [0.2, 0.25) is 0 Å². The lowest BCUT2D eigenvalue weighted by Gasteiger charge is -2.06. The van der Waals surface area contributed by atoms with Crippen molar-refractivity contribution in [2.75, 3.05) is 0 Å². The van der Waals surface area contributed by atoms with Crippen LogP contribution in [0.5, 0.6) is 0 Å². The third-order valence-electron chi connectivity index (χ3n) is 4.32. The summed E-state index contributed by atoms with van der Waals surface area (Å²) in [5, 5.41) is 0. The fraction of sp³-hybridized carbons (Fsp3) is 0.389. The molecule has 2 nitrogen and oxygen atoms in total. The van der Waals surface area contributed by atoms with E-state index in [0.717, 1.165) is 17.5 Å². The van der Waals surface area contributed by atoms with Gasteiger partial charge in [-0.25, -0.2) is 0 Å². The predicted molar refractivity (Wildman–Crippen MR) is 95.5 cm³/mol. The van der Waals surface area contributed by atoms with Gasteiger partial charge in [-0.1, -0.05) is 79.0 Å². The number of carbonyl (C=O) groups excluding carboxylic acids is 1. The first kappa shape index (κ1) is 18.4. The van der Waals surface area contributed by atoms with Crippen LogP contribution in [0.1, 0.15) is 25.0 Å². The molecule has 0 heterocycles. The number of hydrogen-bond acceptors (Lipinski definition) is 2. The summed E-state index contributed by atoms with van der Waals surface area (Å²) in [7, 11) is 0. The van der Waals surface area contributed by atoms with Crippen LogP contribution in [-0.4, -0.2) is 5.97 Å². The summed E-state index contributed by atoms with van der Waals surface area (Å²) < 4.78 is 5.63. The molecule has 0 N–H and O–H groups in total. The molecule has 5 heteroatoms. The summed E-state index contributed by atoms with van der Waals surface area (Å²) in [6, 6.07) is 7.91. The number of halogens is 3. The molecule has 2 unspecified atom stereocenters. The molecule has 2 rings (SSSR count). The quantitative estimate of drug-likeness (QED) is 0.605. The van der Waals surface area contributed by atoms with Gasteiger partial charge in [0.15, 0.2) is 0 Å². The number of ether oxygens (including phenoxy) is 1. The molecule has 124 valence electrons. The molecule has 0 radical (unpaired) electrons. The van der Waals surface area contributed by atoms with Crippen LogP contribution in [-0.2, 0) is 22.6 Å². The molecule has 0 bridgehead atoms. The van der Waals surface area contributed by atoms with Crippen molar-refractivity contribution in [3.8, 4) is 0 Å². The molecule has 1 aliphatic rings. The van der Waals surface area contributed by atoms with Crippen LogP contribution in [0.2, 0.25) is 0 Å². The van der Waals surface area contributed by atoms with Crippen molar-refractivity contribution in [1.82, 2.24) is 0 Å². The lowest BCUT2D eigenvalue weighted by atomic mass is 10.1. The Morgan fingerprint density at radius 3 is 2.39 bits per heavy atom. The van der Waals surface area contributed by atoms with Crippen LogP contribution >= 0.6 is 34.8 Å². The van der Waals surface area contributed by atoms with Crippen LogP contribution in [0.4, 0.5) is 0 Å². The Hall–Kier alpha value is -0.960. The van der Waals surface area contributed by atoms with Gasteiger partial charge in [-0.3, -0.25) is 4.79 Å². The maximum atomic E-state index is 12.2. The maximum Gasteiger partial charge on any atom is 0.310 e. The number of carbonyl (C=O) groups is 1. The number of hydrogen-bond donors (Lipinski definition) is 0. The molecule has 1 saturated carbocycles. The van der Waals surface area contributed by atoms with Gasteiger partial charge >= 0.3 is 5.97 Å². The van der Waals surface area contributed by atoms with Gasteiger partial charge in [0.05, 0.1) is 5.92 Å². The van der Waals surface area contributed by atoms with Gasteiger partial charge in [0.1, 0.15) is 11.1 Å². The second kappa shape index (κ2) is 7.74. The van der Waals surface area contributed by atoms with Crippen LogP contribution in [0.3, 0.4) is 0 Å². The largest absolute Gasteiger partial charge is 0.461 e. The average molecular weight is 374 g/mol. The Morgan fingerprint density at radius 2 is 1.83 bits per heavy atom. The van der Waals surface area contributed by atoms with E-state index in [2.05, 4.69) is 0 Å². The van der Waals surface area contributed by atoms with Crippen LogP contribution in [0.15, 0.2) is 46.4 Å². The molecule has 0 aromatic heterocycles. The SMILES string of the molecule is CC1(C)C(C=C(Cl)Cl)C1C(=O)OCc1ccc(C/C=C\Cl)cc1. The molecular weight excluding hydrogens is 355 g/mol. The lowest BCUT2D eigenvalue weighted by Crippen LogP contribution is -2.10. The predicted octanol–water partition coefficient (Wildman–Crippen LogP) is 5.62. The monoisotopic (exact) mass is 372 g/mol. The Bertz CT molecular complexity index is 614. The Labute approximate surface area is 152 Å². The summed E-state index contributed by atoms with van der Waals surface area (Å²) in [5.41, 5.74) is 3.45. The van der Waals surface area contributed by atoms with Crippen molar-refractivity contribution in [1.29, 1.82) is 0 Å². The van der Waals surface area contributed by atoms with Gasteiger partial charge in [0, 0.05) is 5.54 Å². The molecule has 23 heavy (non-hydrogen) atoms. The van der Waals surface area contributed by atoms with E-state index in [-0.39, 0.29) is 34.3 Å². The molecule has 2 atom stereocenters. The molecule has 0 aliphatic heterocycles. The van der Waals surface area contributed by atoms with Crippen LogP contribution in [0, 0.1) is 17.3 Å². The molecular formula is C18H19Cl3O2. The summed E-state index contributed by atoms with van der Waals surface area (Å²) >= 11 is 16.9. The van der Waals surface area contributed by atoms with Crippen molar-refractivity contribution < 1.29 is 9.53 Å². The van der Waals surface area contributed by atoms with E-state index in [4.69, 9.17) is 39.5 Å². The third kappa shape index (κ3) is 4.76. The first-order chi connectivity index (χ1) is 10.9. The highest BCUT2D eigenvalue weighted by molar-refractivity contribution is 6.55. The van der Waals surface area contributed by atoms with Gasteiger partial charge < -0.3 is 4.74 Å². The number of rotatable bonds is 6. The fourth-order valence-electron chi connectivity index (χ4n) is 2.77. The second-order valence-electron chi connectivity index (χ2n) is 6.27. The first-order valence-electron chi connectivity index (χ1n) is 7.38. The highest BCUT2D eigenvalue weighted by atomic mass is 35.5. The molecule has 1 fully saturated rings. The molecule has 0 amide bonds. The zero-order chi connectivity index (χ0) is 17.0. The van der Waals surface area contributed by atoms with Crippen LogP contribution in [0.25, 0.3) is 0 Å². The summed E-state index contributed by atoms with van der Waals surface area (Å²) in [6.45, 7) is 4.29. The molecule has 0 spiro atoms. The van der Waals surface area contributed by atoms with E-state index in [1.54, 1.807) is 6.08 Å².